The molecule has 1 unspecified atom stereocenters. The summed E-state index contributed by atoms with van der Waals surface area (Å²) in [6.07, 6.45) is 1.06. The van der Waals surface area contributed by atoms with Gasteiger partial charge in [0.1, 0.15) is 0 Å². The van der Waals surface area contributed by atoms with Gasteiger partial charge < -0.3 is 10.6 Å². The van der Waals surface area contributed by atoms with Crippen molar-refractivity contribution in [3.63, 3.8) is 0 Å². The SMILES string of the molecule is CC(C)C(N)CCN(C)Cc1cccc(Br)c1. The molecule has 0 heterocycles. The highest BCUT2D eigenvalue weighted by molar-refractivity contribution is 9.10. The Morgan fingerprint density at radius 1 is 1.35 bits per heavy atom. The maximum absolute atomic E-state index is 6.05. The van der Waals surface area contributed by atoms with Crippen LogP contribution in [0.1, 0.15) is 25.8 Å². The summed E-state index contributed by atoms with van der Waals surface area (Å²) >= 11 is 3.49. The molecule has 1 aromatic carbocycles. The molecule has 0 saturated heterocycles. The van der Waals surface area contributed by atoms with Crippen molar-refractivity contribution in [2.45, 2.75) is 32.9 Å². The van der Waals surface area contributed by atoms with Crippen LogP contribution in [0, 0.1) is 5.92 Å². The van der Waals surface area contributed by atoms with E-state index in [1.807, 2.05) is 0 Å². The Labute approximate surface area is 113 Å². The number of hydrogen-bond donors (Lipinski definition) is 1. The summed E-state index contributed by atoms with van der Waals surface area (Å²) in [7, 11) is 2.15. The Bertz CT molecular complexity index is 339. The van der Waals surface area contributed by atoms with Gasteiger partial charge in [0.2, 0.25) is 0 Å². The van der Waals surface area contributed by atoms with E-state index < -0.39 is 0 Å². The van der Waals surface area contributed by atoms with Crippen LogP contribution in [-0.2, 0) is 6.54 Å². The summed E-state index contributed by atoms with van der Waals surface area (Å²) < 4.78 is 1.14. The molecule has 0 amide bonds. The Hall–Kier alpha value is -0.380. The van der Waals surface area contributed by atoms with Gasteiger partial charge in [-0.2, -0.15) is 0 Å². The van der Waals surface area contributed by atoms with E-state index in [9.17, 15) is 0 Å². The molecule has 0 radical (unpaired) electrons. The third-order valence-corrected chi connectivity index (χ3v) is 3.54. The van der Waals surface area contributed by atoms with Crippen molar-refractivity contribution < 1.29 is 0 Å². The van der Waals surface area contributed by atoms with Crippen LogP contribution in [0.3, 0.4) is 0 Å². The summed E-state index contributed by atoms with van der Waals surface area (Å²) in [5.74, 6) is 0.564. The Balaban J connectivity index is 2.37. The second-order valence-electron chi connectivity index (χ2n) is 5.06. The highest BCUT2D eigenvalue weighted by atomic mass is 79.9. The van der Waals surface area contributed by atoms with Crippen molar-refractivity contribution in [1.29, 1.82) is 0 Å². The quantitative estimate of drug-likeness (QED) is 0.873. The van der Waals surface area contributed by atoms with Crippen molar-refractivity contribution in [3.8, 4) is 0 Å². The smallest absolute Gasteiger partial charge is 0.0231 e. The summed E-state index contributed by atoms with van der Waals surface area (Å²) in [6.45, 7) is 6.38. The zero-order chi connectivity index (χ0) is 12.8. The lowest BCUT2D eigenvalue weighted by molar-refractivity contribution is 0.296. The summed E-state index contributed by atoms with van der Waals surface area (Å²) in [5, 5.41) is 0. The topological polar surface area (TPSA) is 29.3 Å². The van der Waals surface area contributed by atoms with Gasteiger partial charge >= 0.3 is 0 Å². The third kappa shape index (κ3) is 5.66. The molecular formula is C14H23BrN2. The molecule has 2 N–H and O–H groups in total. The fourth-order valence-electron chi connectivity index (χ4n) is 1.73. The van der Waals surface area contributed by atoms with E-state index in [4.69, 9.17) is 5.73 Å². The predicted octanol–water partition coefficient (Wildman–Crippen LogP) is 3.25. The van der Waals surface area contributed by atoms with Gasteiger partial charge in [-0.1, -0.05) is 41.9 Å². The predicted molar refractivity (Wildman–Crippen MR) is 77.9 cm³/mol. The van der Waals surface area contributed by atoms with Crippen LogP contribution in [0.4, 0.5) is 0 Å². The summed E-state index contributed by atoms with van der Waals surface area (Å²) in [5.41, 5.74) is 7.38. The lowest BCUT2D eigenvalue weighted by Gasteiger charge is -2.21. The van der Waals surface area contributed by atoms with Crippen LogP contribution in [0.25, 0.3) is 0 Å². The van der Waals surface area contributed by atoms with E-state index in [2.05, 4.69) is 66.0 Å². The molecule has 0 aliphatic carbocycles. The Kier molecular flexibility index (Phi) is 6.17. The largest absolute Gasteiger partial charge is 0.327 e. The first-order chi connectivity index (χ1) is 7.99. The number of hydrogen-bond acceptors (Lipinski definition) is 2. The fourth-order valence-corrected chi connectivity index (χ4v) is 2.18. The van der Waals surface area contributed by atoms with Gasteiger partial charge in [-0.15, -0.1) is 0 Å². The molecule has 0 spiro atoms. The molecule has 0 fully saturated rings. The molecule has 1 atom stereocenters. The second kappa shape index (κ2) is 7.14. The Morgan fingerprint density at radius 3 is 2.65 bits per heavy atom. The maximum Gasteiger partial charge on any atom is 0.0231 e. The zero-order valence-electron chi connectivity index (χ0n) is 11.0. The number of halogens is 1. The van der Waals surface area contributed by atoms with Crippen LogP contribution in [0.2, 0.25) is 0 Å². The molecule has 0 aliphatic heterocycles. The number of benzene rings is 1. The first-order valence-corrected chi connectivity index (χ1v) is 6.97. The first kappa shape index (κ1) is 14.7. The highest BCUT2D eigenvalue weighted by Gasteiger charge is 2.09. The molecule has 0 aromatic heterocycles. The lowest BCUT2D eigenvalue weighted by Crippen LogP contribution is -2.31. The average molecular weight is 299 g/mol. The fraction of sp³-hybridized carbons (Fsp3) is 0.571. The number of rotatable bonds is 6. The molecule has 17 heavy (non-hydrogen) atoms. The van der Waals surface area contributed by atoms with Crippen LogP contribution in [0.5, 0.6) is 0 Å². The maximum atomic E-state index is 6.05. The van der Waals surface area contributed by atoms with E-state index in [0.29, 0.717) is 12.0 Å². The summed E-state index contributed by atoms with van der Waals surface area (Å²) in [4.78, 5) is 2.32. The van der Waals surface area contributed by atoms with Crippen molar-refractivity contribution in [2.75, 3.05) is 13.6 Å². The van der Waals surface area contributed by atoms with Crippen molar-refractivity contribution in [3.05, 3.63) is 34.3 Å². The van der Waals surface area contributed by atoms with Gasteiger partial charge in [0, 0.05) is 17.1 Å². The highest BCUT2D eigenvalue weighted by Crippen LogP contribution is 2.13. The van der Waals surface area contributed by atoms with E-state index >= 15 is 0 Å². The normalized spacial score (nSPS) is 13.4. The molecule has 96 valence electrons. The Morgan fingerprint density at radius 2 is 2.06 bits per heavy atom. The van der Waals surface area contributed by atoms with Crippen LogP contribution >= 0.6 is 15.9 Å². The second-order valence-corrected chi connectivity index (χ2v) is 5.98. The van der Waals surface area contributed by atoms with Gasteiger partial charge in [0.25, 0.3) is 0 Å². The first-order valence-electron chi connectivity index (χ1n) is 6.17. The monoisotopic (exact) mass is 298 g/mol. The van der Waals surface area contributed by atoms with Crippen molar-refractivity contribution >= 4 is 15.9 Å². The van der Waals surface area contributed by atoms with Crippen molar-refractivity contribution in [1.82, 2.24) is 4.90 Å². The van der Waals surface area contributed by atoms with Crippen molar-refractivity contribution in [2.24, 2.45) is 11.7 Å². The molecule has 3 heteroatoms. The van der Waals surface area contributed by atoms with Gasteiger partial charge in [-0.05, 0) is 43.6 Å². The van der Waals surface area contributed by atoms with E-state index in [1.165, 1.54) is 5.56 Å². The molecule has 1 aromatic rings. The van der Waals surface area contributed by atoms with Gasteiger partial charge in [0.05, 0.1) is 0 Å². The molecule has 2 nitrogen and oxygen atoms in total. The third-order valence-electron chi connectivity index (χ3n) is 3.04. The van der Waals surface area contributed by atoms with Gasteiger partial charge in [-0.3, -0.25) is 0 Å². The minimum atomic E-state index is 0.306. The van der Waals surface area contributed by atoms with Gasteiger partial charge in [-0.25, -0.2) is 0 Å². The minimum absolute atomic E-state index is 0.306. The van der Waals surface area contributed by atoms with Crippen LogP contribution in [-0.4, -0.2) is 24.5 Å². The number of nitrogens with two attached hydrogens (primary N) is 1. The molecule has 0 aliphatic rings. The minimum Gasteiger partial charge on any atom is -0.327 e. The standard InChI is InChI=1S/C14H23BrN2/c1-11(2)14(16)7-8-17(3)10-12-5-4-6-13(15)9-12/h4-6,9,11,14H,7-8,10,16H2,1-3H3. The molecule has 1 rings (SSSR count). The van der Waals surface area contributed by atoms with Gasteiger partial charge in [0.15, 0.2) is 0 Å². The van der Waals surface area contributed by atoms with E-state index in [0.717, 1.165) is 24.0 Å². The average Bonchev–Trinajstić information content (AvgIpc) is 2.25. The van der Waals surface area contributed by atoms with Crippen LogP contribution in [0.15, 0.2) is 28.7 Å². The molecule has 0 bridgehead atoms. The number of nitrogens with zero attached hydrogens (tertiary/aromatic N) is 1. The van der Waals surface area contributed by atoms with Crippen LogP contribution < -0.4 is 5.73 Å². The molecular weight excluding hydrogens is 276 g/mol. The summed E-state index contributed by atoms with van der Waals surface area (Å²) in [6, 6.07) is 8.76. The van der Waals surface area contributed by atoms with E-state index in [-0.39, 0.29) is 0 Å². The molecule has 0 saturated carbocycles. The van der Waals surface area contributed by atoms with E-state index in [1.54, 1.807) is 0 Å². The zero-order valence-corrected chi connectivity index (χ0v) is 12.6. The lowest BCUT2D eigenvalue weighted by atomic mass is 10.0.